The van der Waals surface area contributed by atoms with Crippen molar-refractivity contribution < 1.29 is 4.74 Å². The molecule has 0 aromatic rings. The van der Waals surface area contributed by atoms with Crippen molar-refractivity contribution in [3.05, 3.63) is 0 Å². The Morgan fingerprint density at radius 2 is 1.92 bits per heavy atom. The van der Waals surface area contributed by atoms with E-state index in [1.54, 1.807) is 0 Å². The Morgan fingerprint density at radius 3 is 2.15 bits per heavy atom. The van der Waals surface area contributed by atoms with Crippen LogP contribution in [0.1, 0.15) is 34.1 Å². The van der Waals surface area contributed by atoms with Gasteiger partial charge in [0.15, 0.2) is 0 Å². The smallest absolute Gasteiger partial charge is 0.0552 e. The molecular formula is C11H23NO. The molecule has 1 rings (SSSR count). The zero-order valence-electron chi connectivity index (χ0n) is 9.39. The molecule has 13 heavy (non-hydrogen) atoms. The van der Waals surface area contributed by atoms with Crippen LogP contribution in [0, 0.1) is 16.7 Å². The van der Waals surface area contributed by atoms with Crippen molar-refractivity contribution in [2.45, 2.75) is 34.1 Å². The quantitative estimate of drug-likeness (QED) is 0.730. The topological polar surface area (TPSA) is 35.2 Å². The highest BCUT2D eigenvalue weighted by Gasteiger charge is 2.51. The molecule has 0 saturated carbocycles. The predicted molar refractivity (Wildman–Crippen MR) is 55.5 cm³/mol. The Balaban J connectivity index is 2.69. The van der Waals surface area contributed by atoms with Gasteiger partial charge in [0.05, 0.1) is 13.2 Å². The Labute approximate surface area is 81.8 Å². The van der Waals surface area contributed by atoms with E-state index in [0.29, 0.717) is 16.7 Å². The highest BCUT2D eigenvalue weighted by Crippen LogP contribution is 2.50. The minimum Gasteiger partial charge on any atom is -0.380 e. The summed E-state index contributed by atoms with van der Waals surface area (Å²) in [6.07, 6.45) is 1.11. The molecule has 0 amide bonds. The molecule has 2 heteroatoms. The summed E-state index contributed by atoms with van der Waals surface area (Å²) in [7, 11) is 0. The van der Waals surface area contributed by atoms with Gasteiger partial charge < -0.3 is 10.5 Å². The highest BCUT2D eigenvalue weighted by atomic mass is 16.5. The number of nitrogens with two attached hydrogens (primary N) is 1. The third-order valence-corrected chi connectivity index (χ3v) is 3.76. The largest absolute Gasteiger partial charge is 0.380 e. The monoisotopic (exact) mass is 185 g/mol. The lowest BCUT2D eigenvalue weighted by Crippen LogP contribution is -2.56. The first-order valence-corrected chi connectivity index (χ1v) is 5.22. The first kappa shape index (κ1) is 11.0. The van der Waals surface area contributed by atoms with E-state index >= 15 is 0 Å². The fourth-order valence-corrected chi connectivity index (χ4v) is 2.30. The van der Waals surface area contributed by atoms with Crippen LogP contribution < -0.4 is 5.73 Å². The first-order chi connectivity index (χ1) is 5.94. The van der Waals surface area contributed by atoms with Crippen LogP contribution in [0.2, 0.25) is 0 Å². The number of ether oxygens (including phenoxy) is 1. The molecule has 0 aliphatic carbocycles. The molecule has 0 aromatic heterocycles. The van der Waals surface area contributed by atoms with Crippen molar-refractivity contribution in [3.63, 3.8) is 0 Å². The Hall–Kier alpha value is -0.0800. The molecule has 1 heterocycles. The molecule has 0 radical (unpaired) electrons. The van der Waals surface area contributed by atoms with Gasteiger partial charge in [-0.1, -0.05) is 27.7 Å². The number of rotatable bonds is 3. The molecule has 1 aliphatic heterocycles. The maximum Gasteiger partial charge on any atom is 0.0552 e. The fraction of sp³-hybridized carbons (Fsp3) is 1.00. The minimum atomic E-state index is 0.333. The van der Waals surface area contributed by atoms with E-state index < -0.39 is 0 Å². The van der Waals surface area contributed by atoms with Gasteiger partial charge in [0.25, 0.3) is 0 Å². The van der Waals surface area contributed by atoms with Gasteiger partial charge in [-0.05, 0) is 24.3 Å². The molecule has 1 saturated heterocycles. The van der Waals surface area contributed by atoms with Crippen molar-refractivity contribution in [1.82, 2.24) is 0 Å². The van der Waals surface area contributed by atoms with Crippen LogP contribution >= 0.6 is 0 Å². The second-order valence-electron chi connectivity index (χ2n) is 5.38. The standard InChI is InChI=1S/C11H23NO/c1-9(5-6-12)11(7-13-8-11)10(2,3)4/h9H,5-8,12H2,1-4H3. The van der Waals surface area contributed by atoms with Crippen molar-refractivity contribution in [1.29, 1.82) is 0 Å². The van der Waals surface area contributed by atoms with Gasteiger partial charge in [-0.3, -0.25) is 0 Å². The lowest BCUT2D eigenvalue weighted by Gasteiger charge is -2.54. The van der Waals surface area contributed by atoms with Gasteiger partial charge in [0, 0.05) is 5.41 Å². The summed E-state index contributed by atoms with van der Waals surface area (Å²) in [5.74, 6) is 0.672. The van der Waals surface area contributed by atoms with Gasteiger partial charge in [0.1, 0.15) is 0 Å². The minimum absolute atomic E-state index is 0.333. The molecule has 2 nitrogen and oxygen atoms in total. The van der Waals surface area contributed by atoms with E-state index in [0.717, 1.165) is 26.2 Å². The summed E-state index contributed by atoms with van der Waals surface area (Å²) in [6.45, 7) is 11.8. The van der Waals surface area contributed by atoms with Crippen molar-refractivity contribution in [2.75, 3.05) is 19.8 Å². The van der Waals surface area contributed by atoms with E-state index in [-0.39, 0.29) is 0 Å². The summed E-state index contributed by atoms with van der Waals surface area (Å²) < 4.78 is 5.39. The van der Waals surface area contributed by atoms with Crippen LogP contribution in [0.25, 0.3) is 0 Å². The van der Waals surface area contributed by atoms with E-state index in [1.807, 2.05) is 0 Å². The second kappa shape index (κ2) is 3.58. The van der Waals surface area contributed by atoms with E-state index in [1.165, 1.54) is 0 Å². The summed E-state index contributed by atoms with van der Waals surface area (Å²) in [6, 6.07) is 0. The highest BCUT2D eigenvalue weighted by molar-refractivity contribution is 4.98. The van der Waals surface area contributed by atoms with Crippen LogP contribution in [-0.4, -0.2) is 19.8 Å². The Morgan fingerprint density at radius 1 is 1.38 bits per heavy atom. The van der Waals surface area contributed by atoms with Gasteiger partial charge in [-0.2, -0.15) is 0 Å². The predicted octanol–water partition coefficient (Wildman–Crippen LogP) is 2.03. The van der Waals surface area contributed by atoms with E-state index in [4.69, 9.17) is 10.5 Å². The first-order valence-electron chi connectivity index (χ1n) is 5.22. The molecule has 2 N–H and O–H groups in total. The SMILES string of the molecule is CC(CCN)C1(C(C)(C)C)COC1. The summed E-state index contributed by atoms with van der Waals surface area (Å²) >= 11 is 0. The number of hydrogen-bond acceptors (Lipinski definition) is 2. The summed E-state index contributed by atoms with van der Waals surface area (Å²) in [4.78, 5) is 0. The van der Waals surface area contributed by atoms with Crippen LogP contribution in [-0.2, 0) is 4.74 Å². The zero-order chi connectivity index (χ0) is 10.1. The van der Waals surface area contributed by atoms with Crippen LogP contribution in [0.15, 0.2) is 0 Å². The second-order valence-corrected chi connectivity index (χ2v) is 5.38. The molecule has 1 fully saturated rings. The summed E-state index contributed by atoms with van der Waals surface area (Å²) in [5, 5.41) is 0. The molecule has 1 aliphatic rings. The van der Waals surface area contributed by atoms with Crippen molar-refractivity contribution in [3.8, 4) is 0 Å². The maximum absolute atomic E-state index is 5.61. The van der Waals surface area contributed by atoms with Crippen molar-refractivity contribution in [2.24, 2.45) is 22.5 Å². The van der Waals surface area contributed by atoms with Gasteiger partial charge in [0.2, 0.25) is 0 Å². The van der Waals surface area contributed by atoms with Gasteiger partial charge in [-0.25, -0.2) is 0 Å². The Kier molecular flexibility index (Phi) is 3.03. The van der Waals surface area contributed by atoms with Crippen LogP contribution in [0.4, 0.5) is 0 Å². The number of hydrogen-bond donors (Lipinski definition) is 1. The fourth-order valence-electron chi connectivity index (χ4n) is 2.30. The van der Waals surface area contributed by atoms with Gasteiger partial charge in [-0.15, -0.1) is 0 Å². The molecule has 1 unspecified atom stereocenters. The summed E-state index contributed by atoms with van der Waals surface area (Å²) in [5.41, 5.74) is 6.31. The normalized spacial score (nSPS) is 23.8. The molecule has 0 spiro atoms. The molecule has 0 aromatic carbocycles. The van der Waals surface area contributed by atoms with E-state index in [9.17, 15) is 0 Å². The molecule has 1 atom stereocenters. The average molecular weight is 185 g/mol. The molecule has 0 bridgehead atoms. The van der Waals surface area contributed by atoms with Crippen LogP contribution in [0.3, 0.4) is 0 Å². The van der Waals surface area contributed by atoms with Gasteiger partial charge >= 0.3 is 0 Å². The zero-order valence-corrected chi connectivity index (χ0v) is 9.39. The maximum atomic E-state index is 5.61. The third kappa shape index (κ3) is 1.75. The third-order valence-electron chi connectivity index (χ3n) is 3.76. The molecule has 78 valence electrons. The average Bonchev–Trinajstić information content (AvgIpc) is 1.80. The van der Waals surface area contributed by atoms with Crippen LogP contribution in [0.5, 0.6) is 0 Å². The van der Waals surface area contributed by atoms with E-state index in [2.05, 4.69) is 27.7 Å². The lowest BCUT2D eigenvalue weighted by molar-refractivity contribution is -0.199. The Bertz CT molecular complexity index is 167. The molecular weight excluding hydrogens is 162 g/mol. The van der Waals surface area contributed by atoms with Crippen molar-refractivity contribution >= 4 is 0 Å². The lowest BCUT2D eigenvalue weighted by atomic mass is 9.58.